The fourth-order valence-electron chi connectivity index (χ4n) is 3.79. The summed E-state index contributed by atoms with van der Waals surface area (Å²) in [6.45, 7) is 0.00129. The van der Waals surface area contributed by atoms with Crippen molar-refractivity contribution in [3.8, 4) is 17.2 Å². The summed E-state index contributed by atoms with van der Waals surface area (Å²) in [4.78, 5) is 38.3. The number of carbonyl (C=O) groups is 3. The van der Waals surface area contributed by atoms with Crippen LogP contribution in [-0.2, 0) is 14.4 Å². The second-order valence-corrected chi connectivity index (χ2v) is 7.33. The molecule has 0 aromatic heterocycles. The Bertz CT molecular complexity index is 1090. The Hall–Kier alpha value is -4.01. The van der Waals surface area contributed by atoms with Crippen LogP contribution < -0.4 is 14.2 Å². The molecule has 2 aromatic rings. The first-order valence-electron chi connectivity index (χ1n) is 10.2. The van der Waals surface area contributed by atoms with Crippen molar-refractivity contribution < 1.29 is 38.8 Å². The number of hydrogen-bond acceptors (Lipinski definition) is 7. The molecular weight excluding hydrogens is 430 g/mol. The van der Waals surface area contributed by atoms with E-state index in [1.54, 1.807) is 42.5 Å². The van der Waals surface area contributed by atoms with Gasteiger partial charge in [0.05, 0.1) is 32.9 Å². The second-order valence-electron chi connectivity index (χ2n) is 7.33. The highest BCUT2D eigenvalue weighted by Gasteiger charge is 2.47. The second kappa shape index (κ2) is 10.1. The third-order valence-electron chi connectivity index (χ3n) is 5.42. The number of carboxylic acids is 1. The van der Waals surface area contributed by atoms with Crippen LogP contribution in [0.2, 0.25) is 0 Å². The summed E-state index contributed by atoms with van der Waals surface area (Å²) in [5, 5.41) is 20.1. The first-order chi connectivity index (χ1) is 15.8. The molecule has 9 heteroatoms. The van der Waals surface area contributed by atoms with Gasteiger partial charge in [-0.3, -0.25) is 14.4 Å². The minimum Gasteiger partial charge on any atom is -0.507 e. The maximum absolute atomic E-state index is 13.1. The van der Waals surface area contributed by atoms with E-state index in [-0.39, 0.29) is 30.7 Å². The van der Waals surface area contributed by atoms with Crippen molar-refractivity contribution in [1.82, 2.24) is 4.90 Å². The van der Waals surface area contributed by atoms with Crippen molar-refractivity contribution in [2.45, 2.75) is 18.9 Å². The number of aliphatic carboxylic acids is 1. The van der Waals surface area contributed by atoms with Crippen LogP contribution >= 0.6 is 0 Å². The van der Waals surface area contributed by atoms with Gasteiger partial charge in [0.25, 0.3) is 11.7 Å². The van der Waals surface area contributed by atoms with E-state index < -0.39 is 23.7 Å². The van der Waals surface area contributed by atoms with Gasteiger partial charge in [-0.1, -0.05) is 0 Å². The molecule has 1 saturated heterocycles. The van der Waals surface area contributed by atoms with Crippen LogP contribution in [0.15, 0.2) is 48.0 Å². The van der Waals surface area contributed by atoms with Gasteiger partial charge >= 0.3 is 5.97 Å². The highest BCUT2D eigenvalue weighted by Crippen LogP contribution is 2.44. The van der Waals surface area contributed by atoms with Gasteiger partial charge in [0.1, 0.15) is 23.0 Å². The zero-order valence-corrected chi connectivity index (χ0v) is 18.5. The number of benzene rings is 2. The number of amides is 1. The molecule has 2 aromatic carbocycles. The molecule has 33 heavy (non-hydrogen) atoms. The standard InChI is InChI=1S/C24H25NO8/c1-31-15-8-6-14(7-9-15)22(28)20-21(17-13-16(32-2)10-11-18(17)33-3)25(24(30)23(20)29)12-4-5-19(26)27/h6-11,13,21,28H,4-5,12H2,1-3H3,(H,26,27)/t21-/m1/s1. The number of carbonyl (C=O) groups excluding carboxylic acids is 2. The van der Waals surface area contributed by atoms with Crippen molar-refractivity contribution in [3.63, 3.8) is 0 Å². The van der Waals surface area contributed by atoms with Gasteiger partial charge < -0.3 is 29.3 Å². The molecule has 3 rings (SSSR count). The average molecular weight is 455 g/mol. The van der Waals surface area contributed by atoms with E-state index in [9.17, 15) is 19.5 Å². The topological polar surface area (TPSA) is 123 Å². The fraction of sp³-hybridized carbons (Fsp3) is 0.292. The molecule has 9 nitrogen and oxygen atoms in total. The lowest BCUT2D eigenvalue weighted by molar-refractivity contribution is -0.140. The molecule has 1 aliphatic heterocycles. The minimum atomic E-state index is -1.01. The smallest absolute Gasteiger partial charge is 0.303 e. The lowest BCUT2D eigenvalue weighted by atomic mass is 9.94. The van der Waals surface area contributed by atoms with Crippen LogP contribution in [-0.4, -0.2) is 60.6 Å². The number of ketones is 1. The van der Waals surface area contributed by atoms with Gasteiger partial charge in [-0.25, -0.2) is 0 Å². The van der Waals surface area contributed by atoms with Crippen LogP contribution in [0.4, 0.5) is 0 Å². The lowest BCUT2D eigenvalue weighted by Gasteiger charge is -2.26. The van der Waals surface area contributed by atoms with Gasteiger partial charge in [-0.2, -0.15) is 0 Å². The third kappa shape index (κ3) is 4.77. The van der Waals surface area contributed by atoms with E-state index in [0.717, 1.165) is 0 Å². The number of hydrogen-bond donors (Lipinski definition) is 2. The molecule has 174 valence electrons. The van der Waals surface area contributed by atoms with E-state index in [1.165, 1.54) is 26.2 Å². The molecule has 1 fully saturated rings. The van der Waals surface area contributed by atoms with Crippen LogP contribution in [0.5, 0.6) is 17.2 Å². The lowest BCUT2D eigenvalue weighted by Crippen LogP contribution is -2.31. The van der Waals surface area contributed by atoms with E-state index in [2.05, 4.69) is 0 Å². The molecule has 1 aliphatic rings. The Kier molecular flexibility index (Phi) is 7.22. The zero-order chi connectivity index (χ0) is 24.1. The number of rotatable bonds is 9. The minimum absolute atomic E-state index is 0.00129. The zero-order valence-electron chi connectivity index (χ0n) is 18.5. The maximum Gasteiger partial charge on any atom is 0.303 e. The van der Waals surface area contributed by atoms with Gasteiger partial charge in [0, 0.05) is 24.1 Å². The molecule has 0 radical (unpaired) electrons. The number of likely N-dealkylation sites (tertiary alicyclic amines) is 1. The van der Waals surface area contributed by atoms with Crippen LogP contribution in [0.1, 0.15) is 30.0 Å². The Morgan fingerprint density at radius 1 is 0.939 bits per heavy atom. The molecular formula is C24H25NO8. The van der Waals surface area contributed by atoms with Gasteiger partial charge in [-0.05, 0) is 48.9 Å². The molecule has 2 N–H and O–H groups in total. The fourth-order valence-corrected chi connectivity index (χ4v) is 3.79. The maximum atomic E-state index is 13.1. The summed E-state index contributed by atoms with van der Waals surface area (Å²) in [5.41, 5.74) is 0.639. The molecule has 0 unspecified atom stereocenters. The summed E-state index contributed by atoms with van der Waals surface area (Å²) in [6, 6.07) is 10.3. The summed E-state index contributed by atoms with van der Waals surface area (Å²) in [6.07, 6.45) is -0.0445. The molecule has 0 aliphatic carbocycles. The number of aliphatic hydroxyl groups excluding tert-OH is 1. The van der Waals surface area contributed by atoms with E-state index >= 15 is 0 Å². The summed E-state index contributed by atoms with van der Waals surface area (Å²) in [5.74, 6) is -1.66. The average Bonchev–Trinajstić information content (AvgIpc) is 3.07. The summed E-state index contributed by atoms with van der Waals surface area (Å²) in [7, 11) is 4.44. The molecule has 0 spiro atoms. The van der Waals surface area contributed by atoms with Crippen LogP contribution in [0.3, 0.4) is 0 Å². The van der Waals surface area contributed by atoms with E-state index in [1.807, 2.05) is 0 Å². The van der Waals surface area contributed by atoms with Crippen molar-refractivity contribution in [2.75, 3.05) is 27.9 Å². The summed E-state index contributed by atoms with van der Waals surface area (Å²) < 4.78 is 15.9. The number of nitrogens with zero attached hydrogens (tertiary/aromatic N) is 1. The predicted octanol–water partition coefficient (Wildman–Crippen LogP) is 3.00. The monoisotopic (exact) mass is 455 g/mol. The Morgan fingerprint density at radius 2 is 1.58 bits per heavy atom. The first-order valence-corrected chi connectivity index (χ1v) is 10.2. The number of carboxylic acid groups (broad SMARTS) is 1. The molecule has 0 saturated carbocycles. The number of methoxy groups -OCH3 is 3. The predicted molar refractivity (Wildman–Crippen MR) is 118 cm³/mol. The SMILES string of the molecule is COc1ccc(C(O)=C2C(=O)C(=O)N(CCCC(=O)O)[C@@H]2c2cc(OC)ccc2OC)cc1. The van der Waals surface area contributed by atoms with Crippen LogP contribution in [0.25, 0.3) is 5.76 Å². The van der Waals surface area contributed by atoms with Gasteiger partial charge in [0.2, 0.25) is 0 Å². The van der Waals surface area contributed by atoms with Crippen molar-refractivity contribution >= 4 is 23.4 Å². The first kappa shape index (κ1) is 23.6. The van der Waals surface area contributed by atoms with E-state index in [0.29, 0.717) is 28.4 Å². The molecule has 1 heterocycles. The highest BCUT2D eigenvalue weighted by molar-refractivity contribution is 6.46. The molecule has 0 bridgehead atoms. The third-order valence-corrected chi connectivity index (χ3v) is 5.42. The largest absolute Gasteiger partial charge is 0.507 e. The van der Waals surface area contributed by atoms with Gasteiger partial charge in [0.15, 0.2) is 0 Å². The summed E-state index contributed by atoms with van der Waals surface area (Å²) >= 11 is 0. The number of aliphatic hydroxyl groups is 1. The normalized spacial score (nSPS) is 17.2. The van der Waals surface area contributed by atoms with Crippen molar-refractivity contribution in [2.24, 2.45) is 0 Å². The Labute approximate surface area is 190 Å². The number of Topliss-reactive ketones (excluding diaryl/α,β-unsaturated/α-hetero) is 1. The van der Waals surface area contributed by atoms with Crippen molar-refractivity contribution in [3.05, 3.63) is 59.2 Å². The Balaban J connectivity index is 2.18. The van der Waals surface area contributed by atoms with Crippen LogP contribution in [0, 0.1) is 0 Å². The van der Waals surface area contributed by atoms with Crippen molar-refractivity contribution in [1.29, 1.82) is 0 Å². The number of ether oxygens (including phenoxy) is 3. The molecule has 1 amide bonds. The van der Waals surface area contributed by atoms with Gasteiger partial charge in [-0.15, -0.1) is 0 Å². The Morgan fingerprint density at radius 3 is 2.15 bits per heavy atom. The molecule has 1 atom stereocenters. The van der Waals surface area contributed by atoms with E-state index in [4.69, 9.17) is 19.3 Å². The highest BCUT2D eigenvalue weighted by atomic mass is 16.5. The quantitative estimate of drug-likeness (QED) is 0.336.